The number of rotatable bonds is 2. The third kappa shape index (κ3) is 2.07. The Labute approximate surface area is 84.7 Å². The summed E-state index contributed by atoms with van der Waals surface area (Å²) in [6, 6.07) is 0.305. The number of alkyl halides is 5. The molecule has 0 saturated heterocycles. The first-order valence-electron chi connectivity index (χ1n) is 3.67. The largest absolute Gasteiger partial charge is 0.475 e. The predicted octanol–water partition coefficient (Wildman–Crippen LogP) is 1.83. The van der Waals surface area contributed by atoms with E-state index in [1.54, 1.807) is 0 Å². The molecular formula is C7H3F5N2O2. The molecule has 0 fully saturated rings. The Kier molecular flexibility index (Phi) is 2.80. The first-order chi connectivity index (χ1) is 7.16. The Balaban J connectivity index is 3.24. The fraction of sp³-hybridized carbons (Fsp3) is 0.286. The van der Waals surface area contributed by atoms with Gasteiger partial charge in [-0.05, 0) is 6.07 Å². The van der Waals surface area contributed by atoms with Crippen LogP contribution in [-0.2, 0) is 5.92 Å². The molecule has 0 aromatic carbocycles. The van der Waals surface area contributed by atoms with E-state index in [1.807, 2.05) is 0 Å². The van der Waals surface area contributed by atoms with Crippen molar-refractivity contribution >= 4 is 5.97 Å². The predicted molar refractivity (Wildman–Crippen MR) is 38.9 cm³/mol. The first-order valence-corrected chi connectivity index (χ1v) is 3.67. The number of carboxylic acid groups (broad SMARTS) is 1. The molecule has 0 spiro atoms. The number of hydrogen-bond donors (Lipinski definition) is 1. The lowest BCUT2D eigenvalue weighted by atomic mass is 10.2. The van der Waals surface area contributed by atoms with Crippen molar-refractivity contribution in [2.75, 3.05) is 0 Å². The second-order valence-electron chi connectivity index (χ2n) is 2.64. The summed E-state index contributed by atoms with van der Waals surface area (Å²) in [6.07, 6.45) is -5.32. The smallest absolute Gasteiger partial charge is 0.459 e. The molecule has 16 heavy (non-hydrogen) atoms. The number of carbonyl (C=O) groups is 1. The van der Waals surface area contributed by atoms with Gasteiger partial charge in [0.1, 0.15) is 5.69 Å². The van der Waals surface area contributed by atoms with Crippen LogP contribution in [0.4, 0.5) is 22.0 Å². The molecule has 1 heterocycles. The third-order valence-corrected chi connectivity index (χ3v) is 1.52. The normalized spacial score (nSPS) is 12.6. The Hall–Kier alpha value is -1.80. The van der Waals surface area contributed by atoms with Crippen LogP contribution in [0.25, 0.3) is 0 Å². The van der Waals surface area contributed by atoms with Crippen molar-refractivity contribution in [3.8, 4) is 0 Å². The van der Waals surface area contributed by atoms with E-state index in [9.17, 15) is 26.7 Å². The SMILES string of the molecule is O=C(O)c1nccc(C(F)(F)C(F)(F)F)n1. The quantitative estimate of drug-likeness (QED) is 0.803. The number of nitrogens with zero attached hydrogens (tertiary/aromatic N) is 2. The second kappa shape index (κ2) is 3.65. The molecule has 0 amide bonds. The van der Waals surface area contributed by atoms with E-state index in [-0.39, 0.29) is 0 Å². The molecule has 0 unspecified atom stereocenters. The fourth-order valence-corrected chi connectivity index (χ4v) is 0.782. The van der Waals surface area contributed by atoms with E-state index in [4.69, 9.17) is 5.11 Å². The van der Waals surface area contributed by atoms with Crippen LogP contribution in [0.3, 0.4) is 0 Å². The van der Waals surface area contributed by atoms with E-state index >= 15 is 0 Å². The minimum absolute atomic E-state index is 0.305. The molecule has 0 aliphatic rings. The summed E-state index contributed by atoms with van der Waals surface area (Å²) in [7, 11) is 0. The van der Waals surface area contributed by atoms with Gasteiger partial charge in [0.25, 0.3) is 0 Å². The summed E-state index contributed by atoms with van der Waals surface area (Å²) in [5, 5.41) is 8.33. The molecule has 1 N–H and O–H groups in total. The van der Waals surface area contributed by atoms with Gasteiger partial charge in [0, 0.05) is 6.20 Å². The van der Waals surface area contributed by atoms with E-state index in [1.165, 1.54) is 0 Å². The van der Waals surface area contributed by atoms with E-state index in [2.05, 4.69) is 9.97 Å². The summed E-state index contributed by atoms with van der Waals surface area (Å²) in [4.78, 5) is 15.9. The van der Waals surface area contributed by atoms with Crippen LogP contribution in [0.2, 0.25) is 0 Å². The van der Waals surface area contributed by atoms with E-state index in [0.717, 1.165) is 0 Å². The Bertz CT molecular complexity index is 417. The number of halogens is 5. The molecule has 0 atom stereocenters. The molecule has 0 radical (unpaired) electrons. The van der Waals surface area contributed by atoms with Gasteiger partial charge in [0.05, 0.1) is 0 Å². The van der Waals surface area contributed by atoms with Crippen LogP contribution in [-0.4, -0.2) is 27.2 Å². The Morgan fingerprint density at radius 1 is 1.25 bits per heavy atom. The van der Waals surface area contributed by atoms with Crippen molar-refractivity contribution in [2.24, 2.45) is 0 Å². The molecule has 4 nitrogen and oxygen atoms in total. The zero-order valence-corrected chi connectivity index (χ0v) is 7.29. The summed E-state index contributed by atoms with van der Waals surface area (Å²) >= 11 is 0. The highest BCUT2D eigenvalue weighted by Gasteiger charge is 2.60. The Morgan fingerprint density at radius 2 is 1.81 bits per heavy atom. The average molecular weight is 242 g/mol. The molecule has 9 heteroatoms. The molecule has 0 saturated carbocycles. The van der Waals surface area contributed by atoms with Crippen LogP contribution < -0.4 is 0 Å². The van der Waals surface area contributed by atoms with Gasteiger partial charge in [0.15, 0.2) is 0 Å². The van der Waals surface area contributed by atoms with Gasteiger partial charge in [-0.3, -0.25) is 0 Å². The molecule has 88 valence electrons. The van der Waals surface area contributed by atoms with Gasteiger partial charge in [0.2, 0.25) is 5.82 Å². The van der Waals surface area contributed by atoms with Crippen molar-refractivity contribution < 1.29 is 31.9 Å². The van der Waals surface area contributed by atoms with Gasteiger partial charge in [-0.1, -0.05) is 0 Å². The highest BCUT2D eigenvalue weighted by atomic mass is 19.4. The van der Waals surface area contributed by atoms with E-state index in [0.29, 0.717) is 12.3 Å². The highest BCUT2D eigenvalue weighted by molar-refractivity contribution is 5.82. The van der Waals surface area contributed by atoms with Crippen molar-refractivity contribution in [3.63, 3.8) is 0 Å². The lowest BCUT2D eigenvalue weighted by Gasteiger charge is -2.18. The van der Waals surface area contributed by atoms with Gasteiger partial charge >= 0.3 is 18.1 Å². The van der Waals surface area contributed by atoms with Crippen LogP contribution in [0.1, 0.15) is 16.3 Å². The lowest BCUT2D eigenvalue weighted by molar-refractivity contribution is -0.291. The van der Waals surface area contributed by atoms with Crippen LogP contribution in [0.15, 0.2) is 12.3 Å². The van der Waals surface area contributed by atoms with Crippen molar-refractivity contribution in [2.45, 2.75) is 12.1 Å². The maximum atomic E-state index is 12.7. The molecule has 0 aliphatic carbocycles. The minimum Gasteiger partial charge on any atom is -0.475 e. The minimum atomic E-state index is -5.84. The summed E-state index contributed by atoms with van der Waals surface area (Å²) in [6.45, 7) is 0. The molecule has 0 aliphatic heterocycles. The fourth-order valence-electron chi connectivity index (χ4n) is 0.782. The topological polar surface area (TPSA) is 63.1 Å². The standard InChI is InChI=1S/C7H3F5N2O2/c8-6(9,7(10,11)12)3-1-2-13-4(14-3)5(15)16/h1-2H,(H,15,16). The van der Waals surface area contributed by atoms with Crippen LogP contribution in [0, 0.1) is 0 Å². The zero-order chi connectivity index (χ0) is 12.6. The zero-order valence-electron chi connectivity index (χ0n) is 7.29. The monoisotopic (exact) mass is 242 g/mol. The van der Waals surface area contributed by atoms with Gasteiger partial charge in [-0.15, -0.1) is 0 Å². The second-order valence-corrected chi connectivity index (χ2v) is 2.64. The van der Waals surface area contributed by atoms with Gasteiger partial charge in [-0.25, -0.2) is 14.8 Å². The van der Waals surface area contributed by atoms with Crippen LogP contribution in [0.5, 0.6) is 0 Å². The number of aromatic carboxylic acids is 1. The highest BCUT2D eigenvalue weighted by Crippen LogP contribution is 2.42. The maximum Gasteiger partial charge on any atom is 0.459 e. The van der Waals surface area contributed by atoms with Gasteiger partial charge < -0.3 is 5.11 Å². The van der Waals surface area contributed by atoms with Gasteiger partial charge in [-0.2, -0.15) is 22.0 Å². The number of carboxylic acids is 1. The van der Waals surface area contributed by atoms with Crippen molar-refractivity contribution in [1.29, 1.82) is 0 Å². The van der Waals surface area contributed by atoms with Crippen molar-refractivity contribution in [3.05, 3.63) is 23.8 Å². The summed E-state index contributed by atoms with van der Waals surface area (Å²) < 4.78 is 61.1. The summed E-state index contributed by atoms with van der Waals surface area (Å²) in [5.41, 5.74) is -1.70. The molecular weight excluding hydrogens is 239 g/mol. The molecule has 0 bridgehead atoms. The molecule has 1 rings (SSSR count). The Morgan fingerprint density at radius 3 is 2.25 bits per heavy atom. The maximum absolute atomic E-state index is 12.7. The van der Waals surface area contributed by atoms with Crippen molar-refractivity contribution in [1.82, 2.24) is 9.97 Å². The third-order valence-electron chi connectivity index (χ3n) is 1.52. The summed E-state index contributed by atoms with van der Waals surface area (Å²) in [5.74, 6) is -8.12. The van der Waals surface area contributed by atoms with E-state index < -0.39 is 29.6 Å². The lowest BCUT2D eigenvalue weighted by Crippen LogP contribution is -2.35. The first kappa shape index (κ1) is 12.3. The molecule has 1 aromatic rings. The molecule has 1 aromatic heterocycles. The number of hydrogen-bond acceptors (Lipinski definition) is 3. The average Bonchev–Trinajstić information content (AvgIpc) is 2.16. The van der Waals surface area contributed by atoms with Crippen LogP contribution >= 0.6 is 0 Å². The number of aromatic nitrogens is 2.